The summed E-state index contributed by atoms with van der Waals surface area (Å²) in [5, 5.41) is 13.9. The quantitative estimate of drug-likeness (QED) is 0.741. The van der Waals surface area contributed by atoms with Gasteiger partial charge in [-0.15, -0.1) is 0 Å². The van der Waals surface area contributed by atoms with E-state index in [9.17, 15) is 9.90 Å². The number of carbonyl (C=O) groups is 1. The largest absolute Gasteiger partial charge is 0.392 e. The zero-order valence-corrected chi connectivity index (χ0v) is 13.5. The summed E-state index contributed by atoms with van der Waals surface area (Å²) in [6, 6.07) is 16.0. The van der Waals surface area contributed by atoms with Gasteiger partial charge in [0.2, 0.25) is 0 Å². The molecule has 0 spiro atoms. The van der Waals surface area contributed by atoms with E-state index >= 15 is 0 Å². The number of hydrogen-bond acceptors (Lipinski definition) is 2. The third-order valence-electron chi connectivity index (χ3n) is 4.43. The van der Waals surface area contributed by atoms with Crippen molar-refractivity contribution in [3.63, 3.8) is 0 Å². The topological polar surface area (TPSA) is 40.5 Å². The fourth-order valence-corrected chi connectivity index (χ4v) is 3.19. The lowest BCUT2D eigenvalue weighted by Crippen LogP contribution is -2.31. The van der Waals surface area contributed by atoms with Gasteiger partial charge in [-0.1, -0.05) is 48.5 Å². The summed E-state index contributed by atoms with van der Waals surface area (Å²) in [7, 11) is 0. The number of hydrogen-bond donors (Lipinski definition) is 1. The van der Waals surface area contributed by atoms with Crippen LogP contribution >= 0.6 is 0 Å². The van der Waals surface area contributed by atoms with Gasteiger partial charge in [0.05, 0.1) is 12.2 Å². The van der Waals surface area contributed by atoms with Crippen LogP contribution in [0.5, 0.6) is 0 Å². The van der Waals surface area contributed by atoms with Crippen molar-refractivity contribution in [1.82, 2.24) is 4.90 Å². The van der Waals surface area contributed by atoms with Crippen molar-refractivity contribution in [3.8, 4) is 0 Å². The first-order valence-electron chi connectivity index (χ1n) is 8.04. The average Bonchev–Trinajstić information content (AvgIpc) is 2.61. The van der Waals surface area contributed by atoms with Crippen molar-refractivity contribution < 1.29 is 9.90 Å². The van der Waals surface area contributed by atoms with Crippen molar-refractivity contribution >= 4 is 27.5 Å². The zero-order valence-electron chi connectivity index (χ0n) is 13.5. The molecule has 0 heterocycles. The molecule has 3 aromatic carbocycles. The minimum Gasteiger partial charge on any atom is -0.392 e. The number of carbonyl (C=O) groups excluding carboxylic acids is 1. The molecule has 3 aromatic rings. The van der Waals surface area contributed by atoms with Crippen LogP contribution < -0.4 is 0 Å². The van der Waals surface area contributed by atoms with Crippen molar-refractivity contribution in [2.45, 2.75) is 20.5 Å². The molecule has 0 saturated heterocycles. The molecule has 0 radical (unpaired) electrons. The van der Waals surface area contributed by atoms with Crippen LogP contribution in [0.3, 0.4) is 0 Å². The smallest absolute Gasteiger partial charge is 0.254 e. The Bertz CT molecular complexity index is 866. The van der Waals surface area contributed by atoms with Crippen LogP contribution in [0.15, 0.2) is 48.5 Å². The van der Waals surface area contributed by atoms with E-state index in [1.165, 1.54) is 0 Å². The fourth-order valence-electron chi connectivity index (χ4n) is 3.19. The molecule has 1 amide bonds. The van der Waals surface area contributed by atoms with E-state index in [1.54, 1.807) is 4.90 Å². The number of aliphatic hydroxyl groups is 1. The summed E-state index contributed by atoms with van der Waals surface area (Å²) in [5.74, 6) is -0.0130. The molecular formula is C20H21NO2. The van der Waals surface area contributed by atoms with Crippen LogP contribution in [0.1, 0.15) is 29.8 Å². The van der Waals surface area contributed by atoms with Crippen LogP contribution in [0.4, 0.5) is 0 Å². The summed E-state index contributed by atoms with van der Waals surface area (Å²) in [6.45, 7) is 5.12. The molecule has 0 unspecified atom stereocenters. The number of amides is 1. The van der Waals surface area contributed by atoms with Gasteiger partial charge in [0, 0.05) is 18.5 Å². The Balaban J connectivity index is 2.41. The Labute approximate surface area is 136 Å². The normalized spacial score (nSPS) is 11.1. The average molecular weight is 307 g/mol. The molecule has 0 bridgehead atoms. The van der Waals surface area contributed by atoms with Gasteiger partial charge in [-0.2, -0.15) is 0 Å². The summed E-state index contributed by atoms with van der Waals surface area (Å²) in [4.78, 5) is 14.9. The second-order valence-corrected chi connectivity index (χ2v) is 5.62. The van der Waals surface area contributed by atoms with E-state index in [0.29, 0.717) is 24.2 Å². The summed E-state index contributed by atoms with van der Waals surface area (Å²) in [6.07, 6.45) is 0. The number of benzene rings is 3. The Morgan fingerprint density at radius 1 is 0.957 bits per heavy atom. The summed E-state index contributed by atoms with van der Waals surface area (Å²) >= 11 is 0. The van der Waals surface area contributed by atoms with Crippen molar-refractivity contribution in [1.29, 1.82) is 0 Å². The van der Waals surface area contributed by atoms with Gasteiger partial charge in [-0.25, -0.2) is 0 Å². The van der Waals surface area contributed by atoms with E-state index in [0.717, 1.165) is 21.5 Å². The lowest BCUT2D eigenvalue weighted by atomic mass is 9.93. The SMILES string of the molecule is CCN(CC)C(=O)c1c(CO)ccc2ccc3ccccc3c12. The molecular weight excluding hydrogens is 286 g/mol. The highest BCUT2D eigenvalue weighted by atomic mass is 16.3. The second-order valence-electron chi connectivity index (χ2n) is 5.62. The van der Waals surface area contributed by atoms with Crippen LogP contribution in [0, 0.1) is 0 Å². The molecule has 23 heavy (non-hydrogen) atoms. The molecule has 3 rings (SSSR count). The lowest BCUT2D eigenvalue weighted by molar-refractivity contribution is 0.0772. The molecule has 0 aromatic heterocycles. The predicted molar refractivity (Wildman–Crippen MR) is 94.6 cm³/mol. The Kier molecular flexibility index (Phi) is 4.30. The third kappa shape index (κ3) is 2.57. The van der Waals surface area contributed by atoms with Gasteiger partial charge in [-0.05, 0) is 35.6 Å². The molecule has 3 nitrogen and oxygen atoms in total. The third-order valence-corrected chi connectivity index (χ3v) is 4.43. The molecule has 0 fully saturated rings. The lowest BCUT2D eigenvalue weighted by Gasteiger charge is -2.22. The highest BCUT2D eigenvalue weighted by Crippen LogP contribution is 2.31. The van der Waals surface area contributed by atoms with E-state index in [4.69, 9.17) is 0 Å². The molecule has 0 aliphatic heterocycles. The van der Waals surface area contributed by atoms with Crippen molar-refractivity contribution in [2.24, 2.45) is 0 Å². The summed E-state index contributed by atoms with van der Waals surface area (Å²) in [5.41, 5.74) is 1.32. The standard InChI is InChI=1S/C20H21NO2/c1-3-21(4-2)20(23)19-16(13-22)12-11-15-10-9-14-7-5-6-8-17(14)18(15)19/h5-12,22H,3-4,13H2,1-2H3. The van der Waals surface area contributed by atoms with Crippen molar-refractivity contribution in [2.75, 3.05) is 13.1 Å². The number of rotatable bonds is 4. The second kappa shape index (κ2) is 6.39. The van der Waals surface area contributed by atoms with Gasteiger partial charge in [0.1, 0.15) is 0 Å². The first-order chi connectivity index (χ1) is 11.2. The number of aliphatic hydroxyl groups excluding tert-OH is 1. The minimum atomic E-state index is -0.137. The number of fused-ring (bicyclic) bond motifs is 3. The fraction of sp³-hybridized carbons (Fsp3) is 0.250. The van der Waals surface area contributed by atoms with Gasteiger partial charge < -0.3 is 10.0 Å². The molecule has 1 N–H and O–H groups in total. The van der Waals surface area contributed by atoms with Crippen LogP contribution in [0.25, 0.3) is 21.5 Å². The van der Waals surface area contributed by atoms with Crippen molar-refractivity contribution in [3.05, 3.63) is 59.7 Å². The van der Waals surface area contributed by atoms with Gasteiger partial charge >= 0.3 is 0 Å². The van der Waals surface area contributed by atoms with Crippen LogP contribution in [-0.2, 0) is 6.61 Å². The Morgan fingerprint density at radius 3 is 2.30 bits per heavy atom. The maximum absolute atomic E-state index is 13.1. The van der Waals surface area contributed by atoms with E-state index in [-0.39, 0.29) is 12.5 Å². The maximum atomic E-state index is 13.1. The predicted octanol–water partition coefficient (Wildman–Crippen LogP) is 3.97. The van der Waals surface area contributed by atoms with Gasteiger partial charge in [-0.3, -0.25) is 4.79 Å². The Morgan fingerprint density at radius 2 is 1.61 bits per heavy atom. The molecule has 0 aliphatic rings. The van der Waals surface area contributed by atoms with E-state index < -0.39 is 0 Å². The maximum Gasteiger partial charge on any atom is 0.254 e. The summed E-state index contributed by atoms with van der Waals surface area (Å²) < 4.78 is 0. The zero-order chi connectivity index (χ0) is 16.4. The molecule has 0 atom stereocenters. The molecule has 0 aliphatic carbocycles. The first kappa shape index (κ1) is 15.5. The monoisotopic (exact) mass is 307 g/mol. The highest BCUT2D eigenvalue weighted by molar-refractivity contribution is 6.18. The van der Waals surface area contributed by atoms with E-state index in [1.807, 2.05) is 56.3 Å². The van der Waals surface area contributed by atoms with Crippen LogP contribution in [-0.4, -0.2) is 29.0 Å². The highest BCUT2D eigenvalue weighted by Gasteiger charge is 2.20. The first-order valence-corrected chi connectivity index (χ1v) is 8.04. The Hall–Kier alpha value is -2.39. The minimum absolute atomic E-state index is 0.0130. The number of nitrogens with zero attached hydrogens (tertiary/aromatic N) is 1. The van der Waals surface area contributed by atoms with Gasteiger partial charge in [0.25, 0.3) is 5.91 Å². The van der Waals surface area contributed by atoms with Gasteiger partial charge in [0.15, 0.2) is 0 Å². The molecule has 118 valence electrons. The van der Waals surface area contributed by atoms with E-state index in [2.05, 4.69) is 6.07 Å². The molecule has 0 saturated carbocycles. The van der Waals surface area contributed by atoms with Crippen LogP contribution in [0.2, 0.25) is 0 Å². The molecule has 3 heteroatoms.